The van der Waals surface area contributed by atoms with E-state index >= 15 is 4.39 Å². The fourth-order valence-corrected chi connectivity index (χ4v) is 6.14. The Labute approximate surface area is 242 Å². The summed E-state index contributed by atoms with van der Waals surface area (Å²) < 4.78 is 24.0. The average Bonchev–Trinajstić information content (AvgIpc) is 2.97. The summed E-state index contributed by atoms with van der Waals surface area (Å²) in [5.74, 6) is -0.408. The maximum atomic E-state index is 16.2. The third-order valence-corrected chi connectivity index (χ3v) is 8.13. The van der Waals surface area contributed by atoms with Crippen molar-refractivity contribution in [1.82, 2.24) is 19.4 Å². The Bertz CT molecular complexity index is 1830. The first-order valence-electron chi connectivity index (χ1n) is 14.0. The number of phenolic OH excluding ortho intramolecular Hbond substituents is 1. The summed E-state index contributed by atoms with van der Waals surface area (Å²) in [4.78, 5) is 39.2. The van der Waals surface area contributed by atoms with E-state index in [2.05, 4.69) is 16.5 Å². The number of nitrogens with zero attached hydrogens (tertiary/aromatic N) is 5. The van der Waals surface area contributed by atoms with Crippen LogP contribution in [0.25, 0.3) is 27.7 Å². The average molecular weight is 570 g/mol. The van der Waals surface area contributed by atoms with E-state index < -0.39 is 11.5 Å². The first kappa shape index (κ1) is 27.4. The Morgan fingerprint density at radius 1 is 1.24 bits per heavy atom. The topological polar surface area (TPSA) is 101 Å². The Morgan fingerprint density at radius 3 is 2.74 bits per heavy atom. The first-order chi connectivity index (χ1) is 20.1. The van der Waals surface area contributed by atoms with Gasteiger partial charge in [-0.1, -0.05) is 32.6 Å². The molecule has 1 fully saturated rings. The van der Waals surface area contributed by atoms with Crippen molar-refractivity contribution in [3.63, 3.8) is 0 Å². The largest absolute Gasteiger partial charge is 0.507 e. The minimum atomic E-state index is -0.603. The summed E-state index contributed by atoms with van der Waals surface area (Å²) in [6.45, 7) is 12.7. The second-order valence-corrected chi connectivity index (χ2v) is 11.2. The summed E-state index contributed by atoms with van der Waals surface area (Å²) in [6, 6.07) is 7.95. The minimum absolute atomic E-state index is 0.0287. The van der Waals surface area contributed by atoms with Crippen molar-refractivity contribution < 1.29 is 19.0 Å². The quantitative estimate of drug-likeness (QED) is 0.351. The number of phenols is 1. The van der Waals surface area contributed by atoms with Gasteiger partial charge in [0, 0.05) is 48.4 Å². The van der Waals surface area contributed by atoms with Gasteiger partial charge in [0.2, 0.25) is 5.91 Å². The molecule has 2 aromatic carbocycles. The highest BCUT2D eigenvalue weighted by molar-refractivity contribution is 6.01. The molecule has 0 unspecified atom stereocenters. The molecule has 10 heteroatoms. The first-order valence-corrected chi connectivity index (χ1v) is 14.0. The number of aromatic nitrogens is 3. The number of aryl methyl sites for hydroxylation is 1. The summed E-state index contributed by atoms with van der Waals surface area (Å²) in [5, 5.41) is 11.2. The minimum Gasteiger partial charge on any atom is -0.507 e. The second kappa shape index (κ2) is 10.3. The van der Waals surface area contributed by atoms with E-state index in [1.807, 2.05) is 38.7 Å². The third-order valence-electron chi connectivity index (χ3n) is 8.13. The predicted molar refractivity (Wildman–Crippen MR) is 159 cm³/mol. The lowest BCUT2D eigenvalue weighted by Gasteiger charge is -2.40. The van der Waals surface area contributed by atoms with Gasteiger partial charge in [-0.25, -0.2) is 9.18 Å². The number of benzene rings is 2. The van der Waals surface area contributed by atoms with Crippen LogP contribution in [-0.2, 0) is 11.4 Å². The number of hydrogen-bond donors (Lipinski definition) is 1. The number of carbonyl (C=O) groups is 1. The number of rotatable bonds is 4. The number of carbonyl (C=O) groups excluding carboxylic acids is 1. The molecule has 9 nitrogen and oxygen atoms in total. The number of hydrogen-bond acceptors (Lipinski definition) is 7. The van der Waals surface area contributed by atoms with Crippen molar-refractivity contribution in [3.05, 3.63) is 82.3 Å². The van der Waals surface area contributed by atoms with E-state index in [1.54, 1.807) is 23.2 Å². The molecule has 0 radical (unpaired) electrons. The maximum Gasteiger partial charge on any atom is 0.354 e. The van der Waals surface area contributed by atoms with Crippen molar-refractivity contribution in [2.24, 2.45) is 0 Å². The van der Waals surface area contributed by atoms with Gasteiger partial charge in [-0.3, -0.25) is 14.3 Å². The molecule has 1 N–H and O–H groups in total. The SMILES string of the molecule is C=CC(=O)N1CCN(c2nc(=O)n(-c3c(C)ccnc3C(C)C)c3c4c(c(F)cc23)-c2c(O)cccc2CO4)[C@@H](C)C1. The number of piperazine rings is 1. The zero-order valence-corrected chi connectivity index (χ0v) is 24.0. The van der Waals surface area contributed by atoms with Crippen molar-refractivity contribution in [3.8, 4) is 28.3 Å². The van der Waals surface area contributed by atoms with Gasteiger partial charge >= 0.3 is 5.69 Å². The van der Waals surface area contributed by atoms with E-state index in [1.165, 1.54) is 22.8 Å². The molecule has 1 atom stereocenters. The van der Waals surface area contributed by atoms with Gasteiger partial charge in [0.05, 0.1) is 16.9 Å². The predicted octanol–water partition coefficient (Wildman–Crippen LogP) is 4.84. The van der Waals surface area contributed by atoms with Crippen LogP contribution < -0.4 is 15.3 Å². The number of pyridine rings is 1. The number of anilines is 1. The van der Waals surface area contributed by atoms with Crippen LogP contribution >= 0.6 is 0 Å². The monoisotopic (exact) mass is 569 g/mol. The molecule has 1 amide bonds. The second-order valence-electron chi connectivity index (χ2n) is 11.2. The molecule has 0 aliphatic carbocycles. The molecule has 216 valence electrons. The number of amides is 1. The fourth-order valence-electron chi connectivity index (χ4n) is 6.14. The highest BCUT2D eigenvalue weighted by Gasteiger charge is 2.34. The summed E-state index contributed by atoms with van der Waals surface area (Å²) in [6.07, 6.45) is 2.99. The van der Waals surface area contributed by atoms with Crippen LogP contribution in [0.2, 0.25) is 0 Å². The molecule has 0 saturated carbocycles. The normalized spacial score (nSPS) is 16.3. The highest BCUT2D eigenvalue weighted by Crippen LogP contribution is 2.49. The van der Waals surface area contributed by atoms with Crippen molar-refractivity contribution in [2.45, 2.75) is 46.3 Å². The highest BCUT2D eigenvalue weighted by atomic mass is 19.1. The zero-order chi connectivity index (χ0) is 29.9. The number of aromatic hydroxyl groups is 1. The summed E-state index contributed by atoms with van der Waals surface area (Å²) in [5.41, 5.74) is 2.92. The molecule has 2 aliphatic heterocycles. The maximum absolute atomic E-state index is 16.2. The van der Waals surface area contributed by atoms with Crippen LogP contribution in [0.1, 0.15) is 43.5 Å². The molecule has 42 heavy (non-hydrogen) atoms. The van der Waals surface area contributed by atoms with Crippen LogP contribution in [0.5, 0.6) is 11.5 Å². The van der Waals surface area contributed by atoms with Gasteiger partial charge in [-0.05, 0) is 49.6 Å². The molecule has 4 heterocycles. The van der Waals surface area contributed by atoms with Crippen LogP contribution in [-0.4, -0.2) is 56.1 Å². The Hall–Kier alpha value is -4.73. The Morgan fingerprint density at radius 2 is 2.02 bits per heavy atom. The van der Waals surface area contributed by atoms with E-state index in [9.17, 15) is 14.7 Å². The Balaban J connectivity index is 1.70. The van der Waals surface area contributed by atoms with Gasteiger partial charge in [-0.15, -0.1) is 0 Å². The van der Waals surface area contributed by atoms with Crippen LogP contribution in [0.3, 0.4) is 0 Å². The van der Waals surface area contributed by atoms with Gasteiger partial charge in [0.15, 0.2) is 5.75 Å². The van der Waals surface area contributed by atoms with Crippen molar-refractivity contribution >= 4 is 22.6 Å². The molecular formula is C32H32FN5O4. The molecule has 0 bridgehead atoms. The molecular weight excluding hydrogens is 537 g/mol. The molecule has 4 aromatic rings. The Kier molecular flexibility index (Phi) is 6.71. The third kappa shape index (κ3) is 4.20. The molecule has 0 spiro atoms. The van der Waals surface area contributed by atoms with Crippen molar-refractivity contribution in [1.29, 1.82) is 0 Å². The smallest absolute Gasteiger partial charge is 0.354 e. The molecule has 1 saturated heterocycles. The summed E-state index contributed by atoms with van der Waals surface area (Å²) >= 11 is 0. The zero-order valence-electron chi connectivity index (χ0n) is 24.0. The van der Waals surface area contributed by atoms with Crippen molar-refractivity contribution in [2.75, 3.05) is 24.5 Å². The fraction of sp³-hybridized carbons (Fsp3) is 0.312. The van der Waals surface area contributed by atoms with E-state index in [4.69, 9.17) is 4.74 Å². The van der Waals surface area contributed by atoms with Crippen LogP contribution in [0.4, 0.5) is 10.2 Å². The lowest BCUT2D eigenvalue weighted by atomic mass is 9.93. The standard InChI is InChI=1S/C32H32FN5O4/c1-6-24(40)36-12-13-37(19(5)15-36)31-21-14-22(33)26-25-20(8-7-9-23(25)39)16-42-30(26)29(21)38(32(41)35-31)28-18(4)10-11-34-27(28)17(2)3/h6-11,14,17,19,39H,1,12-13,15-16H2,2-5H3/t19-/m0/s1. The molecule has 2 aliphatic rings. The lowest BCUT2D eigenvalue weighted by Crippen LogP contribution is -2.54. The van der Waals surface area contributed by atoms with Gasteiger partial charge in [0.25, 0.3) is 0 Å². The van der Waals surface area contributed by atoms with E-state index in [-0.39, 0.29) is 41.5 Å². The number of fused-ring (bicyclic) bond motifs is 5. The molecule has 2 aromatic heterocycles. The summed E-state index contributed by atoms with van der Waals surface area (Å²) in [7, 11) is 0. The van der Waals surface area contributed by atoms with E-state index in [0.29, 0.717) is 58.9 Å². The van der Waals surface area contributed by atoms with Crippen LogP contribution in [0, 0.1) is 12.7 Å². The van der Waals surface area contributed by atoms with Gasteiger partial charge < -0.3 is 19.6 Å². The van der Waals surface area contributed by atoms with Crippen LogP contribution in [0.15, 0.2) is 54.0 Å². The molecule has 6 rings (SSSR count). The lowest BCUT2D eigenvalue weighted by molar-refractivity contribution is -0.126. The van der Waals surface area contributed by atoms with Gasteiger partial charge in [-0.2, -0.15) is 4.98 Å². The van der Waals surface area contributed by atoms with Gasteiger partial charge in [0.1, 0.15) is 29.5 Å². The van der Waals surface area contributed by atoms with E-state index in [0.717, 1.165) is 5.56 Å². The number of ether oxygens (including phenoxy) is 1. The number of halogens is 1.